The number of para-hydroxylation sites is 2. The molecule has 8 heteroatoms. The van der Waals surface area contributed by atoms with Gasteiger partial charge in [0.05, 0.1) is 11.0 Å². The van der Waals surface area contributed by atoms with Crippen molar-refractivity contribution >= 4 is 34.1 Å². The van der Waals surface area contributed by atoms with Crippen LogP contribution in [-0.2, 0) is 0 Å². The lowest BCUT2D eigenvalue weighted by Crippen LogP contribution is -2.39. The summed E-state index contributed by atoms with van der Waals surface area (Å²) in [7, 11) is 0. The maximum Gasteiger partial charge on any atom is 0.208 e. The summed E-state index contributed by atoms with van der Waals surface area (Å²) in [5.41, 5.74) is 3.99. The summed E-state index contributed by atoms with van der Waals surface area (Å²) in [6.07, 6.45) is 0.365. The topological polar surface area (TPSA) is 66.2 Å². The molecule has 1 unspecified atom stereocenters. The number of rotatable bonds is 7. The molecule has 0 spiro atoms. The summed E-state index contributed by atoms with van der Waals surface area (Å²) >= 11 is 0. The standard InChI is InChI=1S/C28H29F2N5O/c1-18(31)24-17-23(10-11-25(24)32-21-7-5-6-20(30)16-21)36-22-12-14-34(15-13-22)28-33-26-8-3-4-9-27(26)35(28)19(2)29/h3-11,16-17,19,22,31-32H,12-15H2,1-2H3. The van der Waals surface area contributed by atoms with E-state index in [0.717, 1.165) is 29.6 Å². The zero-order valence-corrected chi connectivity index (χ0v) is 20.3. The molecule has 36 heavy (non-hydrogen) atoms. The van der Waals surface area contributed by atoms with Crippen LogP contribution in [0.15, 0.2) is 66.7 Å². The monoisotopic (exact) mass is 489 g/mol. The van der Waals surface area contributed by atoms with Crippen molar-refractivity contribution in [2.45, 2.75) is 39.1 Å². The average molecular weight is 490 g/mol. The second-order valence-corrected chi connectivity index (χ2v) is 9.12. The first kappa shape index (κ1) is 23.8. The highest BCUT2D eigenvalue weighted by Gasteiger charge is 2.26. The van der Waals surface area contributed by atoms with E-state index in [1.54, 1.807) is 23.6 Å². The van der Waals surface area contributed by atoms with E-state index in [2.05, 4.69) is 10.2 Å². The molecule has 1 saturated heterocycles. The predicted octanol–water partition coefficient (Wildman–Crippen LogP) is 6.84. The smallest absolute Gasteiger partial charge is 0.208 e. The number of halogens is 2. The van der Waals surface area contributed by atoms with Crippen molar-refractivity contribution in [1.29, 1.82) is 5.41 Å². The lowest BCUT2D eigenvalue weighted by molar-refractivity contribution is 0.169. The fourth-order valence-corrected chi connectivity index (χ4v) is 4.71. The first-order valence-corrected chi connectivity index (χ1v) is 12.1. The molecule has 6 nitrogen and oxygen atoms in total. The molecule has 0 bridgehead atoms. The minimum absolute atomic E-state index is 0.00259. The molecular formula is C28H29F2N5O. The van der Waals surface area contributed by atoms with Crippen LogP contribution >= 0.6 is 0 Å². The molecule has 5 rings (SSSR count). The van der Waals surface area contributed by atoms with Crippen molar-refractivity contribution in [3.8, 4) is 5.75 Å². The molecule has 0 aliphatic carbocycles. The van der Waals surface area contributed by atoms with Gasteiger partial charge in [-0.15, -0.1) is 0 Å². The summed E-state index contributed by atoms with van der Waals surface area (Å²) < 4.78 is 36.0. The maximum absolute atomic E-state index is 14.5. The van der Waals surface area contributed by atoms with E-state index in [0.29, 0.717) is 41.7 Å². The van der Waals surface area contributed by atoms with E-state index in [1.165, 1.54) is 19.1 Å². The van der Waals surface area contributed by atoms with Gasteiger partial charge in [0.15, 0.2) is 6.30 Å². The molecule has 186 valence electrons. The molecule has 2 N–H and O–H groups in total. The summed E-state index contributed by atoms with van der Waals surface area (Å²) in [6, 6.07) is 19.4. The van der Waals surface area contributed by atoms with E-state index in [1.807, 2.05) is 42.5 Å². The number of hydrogen-bond acceptors (Lipinski definition) is 5. The molecule has 4 aromatic rings. The van der Waals surface area contributed by atoms with Crippen LogP contribution in [0.3, 0.4) is 0 Å². The molecule has 1 aromatic heterocycles. The Kier molecular flexibility index (Phi) is 6.59. The van der Waals surface area contributed by atoms with Gasteiger partial charge in [-0.2, -0.15) is 0 Å². The van der Waals surface area contributed by atoms with Gasteiger partial charge in [-0.3, -0.25) is 4.57 Å². The van der Waals surface area contributed by atoms with E-state index < -0.39 is 6.30 Å². The quantitative estimate of drug-likeness (QED) is 0.279. The predicted molar refractivity (Wildman–Crippen MR) is 140 cm³/mol. The maximum atomic E-state index is 14.5. The highest BCUT2D eigenvalue weighted by atomic mass is 19.1. The highest BCUT2D eigenvalue weighted by molar-refractivity contribution is 6.02. The van der Waals surface area contributed by atoms with Crippen molar-refractivity contribution in [3.63, 3.8) is 0 Å². The third-order valence-corrected chi connectivity index (χ3v) is 6.46. The van der Waals surface area contributed by atoms with E-state index in [4.69, 9.17) is 15.1 Å². The van der Waals surface area contributed by atoms with Crippen LogP contribution in [0, 0.1) is 11.2 Å². The van der Waals surface area contributed by atoms with Crippen molar-refractivity contribution in [2.75, 3.05) is 23.3 Å². The van der Waals surface area contributed by atoms with Crippen LogP contribution in [0.1, 0.15) is 38.5 Å². The van der Waals surface area contributed by atoms with Gasteiger partial charge in [-0.25, -0.2) is 13.8 Å². The Morgan fingerprint density at radius 2 is 1.86 bits per heavy atom. The molecule has 1 aliphatic heterocycles. The molecule has 0 saturated carbocycles. The van der Waals surface area contributed by atoms with Crippen molar-refractivity contribution in [1.82, 2.24) is 9.55 Å². The van der Waals surface area contributed by atoms with Crippen molar-refractivity contribution < 1.29 is 13.5 Å². The number of nitrogens with one attached hydrogen (secondary N) is 2. The normalized spacial score (nSPS) is 15.2. The number of alkyl halides is 1. The van der Waals surface area contributed by atoms with Gasteiger partial charge < -0.3 is 20.4 Å². The Morgan fingerprint density at radius 3 is 2.58 bits per heavy atom. The van der Waals surface area contributed by atoms with E-state index in [9.17, 15) is 8.78 Å². The van der Waals surface area contributed by atoms with Gasteiger partial charge in [-0.05, 0) is 62.4 Å². The number of fused-ring (bicyclic) bond motifs is 1. The lowest BCUT2D eigenvalue weighted by Gasteiger charge is -2.33. The number of nitrogens with zero attached hydrogens (tertiary/aromatic N) is 3. The van der Waals surface area contributed by atoms with Crippen LogP contribution in [0.4, 0.5) is 26.1 Å². The zero-order valence-electron chi connectivity index (χ0n) is 20.3. The van der Waals surface area contributed by atoms with E-state index >= 15 is 0 Å². The minimum atomic E-state index is -1.18. The molecule has 1 atom stereocenters. The van der Waals surface area contributed by atoms with Crippen molar-refractivity contribution in [3.05, 3.63) is 78.1 Å². The summed E-state index contributed by atoms with van der Waals surface area (Å²) in [4.78, 5) is 6.82. The number of piperidine rings is 1. The third kappa shape index (κ3) is 4.89. The number of hydrogen-bond donors (Lipinski definition) is 2. The Hall–Kier alpha value is -3.94. The Bertz CT molecular complexity index is 1390. The number of imidazole rings is 1. The Labute approximate surface area is 209 Å². The molecular weight excluding hydrogens is 460 g/mol. The molecule has 1 aliphatic rings. The SMILES string of the molecule is CC(=N)c1cc(OC2CCN(c3nc4ccccc4n3C(C)F)CC2)ccc1Nc1cccc(F)c1. The van der Waals surface area contributed by atoms with Gasteiger partial charge in [0.25, 0.3) is 0 Å². The van der Waals surface area contributed by atoms with Gasteiger partial charge in [0.1, 0.15) is 17.7 Å². The van der Waals surface area contributed by atoms with Crippen molar-refractivity contribution in [2.24, 2.45) is 0 Å². The van der Waals surface area contributed by atoms with Crippen LogP contribution in [0.25, 0.3) is 11.0 Å². The highest BCUT2D eigenvalue weighted by Crippen LogP contribution is 2.31. The van der Waals surface area contributed by atoms with Crippen LogP contribution in [0.5, 0.6) is 5.75 Å². The van der Waals surface area contributed by atoms with Gasteiger partial charge in [0.2, 0.25) is 5.95 Å². The van der Waals surface area contributed by atoms with Crippen LogP contribution in [0.2, 0.25) is 0 Å². The van der Waals surface area contributed by atoms with Crippen LogP contribution < -0.4 is 15.0 Å². The fraction of sp³-hybridized carbons (Fsp3) is 0.286. The summed E-state index contributed by atoms with van der Waals surface area (Å²) in [6.45, 7) is 4.66. The molecule has 2 heterocycles. The Balaban J connectivity index is 1.28. The first-order valence-electron chi connectivity index (χ1n) is 12.1. The number of aromatic nitrogens is 2. The largest absolute Gasteiger partial charge is 0.490 e. The van der Waals surface area contributed by atoms with Gasteiger partial charge >= 0.3 is 0 Å². The second-order valence-electron chi connectivity index (χ2n) is 9.12. The molecule has 1 fully saturated rings. The number of ether oxygens (including phenoxy) is 1. The minimum Gasteiger partial charge on any atom is -0.490 e. The summed E-state index contributed by atoms with van der Waals surface area (Å²) in [5, 5.41) is 11.4. The number of benzene rings is 3. The van der Waals surface area contributed by atoms with Crippen LogP contribution in [-0.4, -0.2) is 34.5 Å². The van der Waals surface area contributed by atoms with Gasteiger partial charge in [0, 0.05) is 48.6 Å². The fourth-order valence-electron chi connectivity index (χ4n) is 4.71. The molecule has 3 aromatic carbocycles. The van der Waals surface area contributed by atoms with E-state index in [-0.39, 0.29) is 11.9 Å². The number of anilines is 3. The third-order valence-electron chi connectivity index (χ3n) is 6.46. The molecule has 0 radical (unpaired) electrons. The summed E-state index contributed by atoms with van der Waals surface area (Å²) in [5.74, 6) is 1.01. The average Bonchev–Trinajstić information content (AvgIpc) is 3.25. The molecule has 0 amide bonds. The zero-order chi connectivity index (χ0) is 25.2. The lowest BCUT2D eigenvalue weighted by atomic mass is 10.1. The van der Waals surface area contributed by atoms with Gasteiger partial charge in [-0.1, -0.05) is 18.2 Å². The Morgan fingerprint density at radius 1 is 1.08 bits per heavy atom. The first-order chi connectivity index (χ1) is 17.4. The second kappa shape index (κ2) is 9.97.